The summed E-state index contributed by atoms with van der Waals surface area (Å²) in [5.41, 5.74) is 1.01. The van der Waals surface area contributed by atoms with Gasteiger partial charge in [-0.1, -0.05) is 37.0 Å². The van der Waals surface area contributed by atoms with E-state index in [9.17, 15) is 12.8 Å². The molecule has 19 heavy (non-hydrogen) atoms. The summed E-state index contributed by atoms with van der Waals surface area (Å²) in [7, 11) is -3.63. The third kappa shape index (κ3) is 6.16. The zero-order valence-electron chi connectivity index (χ0n) is 11.3. The first-order valence-corrected chi connectivity index (χ1v) is 7.99. The second-order valence-corrected chi connectivity index (χ2v) is 6.16. The van der Waals surface area contributed by atoms with Gasteiger partial charge in [0.15, 0.2) is 0 Å². The molecule has 1 rings (SSSR count). The SMILES string of the molecule is Cc1ccc(S(=O)(=O)OCCCCCCCF)cc1. The molecule has 0 amide bonds. The van der Waals surface area contributed by atoms with Crippen LogP contribution in [-0.2, 0) is 14.3 Å². The van der Waals surface area contributed by atoms with E-state index in [1.54, 1.807) is 24.3 Å². The third-order valence-electron chi connectivity index (χ3n) is 2.83. The quantitative estimate of drug-likeness (QED) is 0.515. The van der Waals surface area contributed by atoms with Crippen LogP contribution in [0.1, 0.15) is 37.7 Å². The van der Waals surface area contributed by atoms with Gasteiger partial charge >= 0.3 is 0 Å². The maximum absolute atomic E-state index is 11.8. The summed E-state index contributed by atoms with van der Waals surface area (Å²) in [5, 5.41) is 0. The molecule has 0 spiro atoms. The molecule has 0 aliphatic rings. The smallest absolute Gasteiger partial charge is 0.266 e. The Morgan fingerprint density at radius 2 is 1.58 bits per heavy atom. The van der Waals surface area contributed by atoms with Crippen molar-refractivity contribution in [1.29, 1.82) is 0 Å². The Labute approximate surface area is 114 Å². The van der Waals surface area contributed by atoms with Crippen LogP contribution in [0.25, 0.3) is 0 Å². The van der Waals surface area contributed by atoms with Gasteiger partial charge in [0.1, 0.15) is 0 Å². The molecule has 0 saturated carbocycles. The maximum Gasteiger partial charge on any atom is 0.296 e. The number of hydrogen-bond acceptors (Lipinski definition) is 3. The lowest BCUT2D eigenvalue weighted by Crippen LogP contribution is -2.07. The van der Waals surface area contributed by atoms with E-state index in [-0.39, 0.29) is 18.2 Å². The van der Waals surface area contributed by atoms with E-state index < -0.39 is 10.1 Å². The summed E-state index contributed by atoms with van der Waals surface area (Å²) in [5.74, 6) is 0. The molecule has 0 aliphatic heterocycles. The fourth-order valence-electron chi connectivity index (χ4n) is 1.67. The first-order chi connectivity index (χ1) is 9.06. The average molecular weight is 288 g/mol. The van der Waals surface area contributed by atoms with Crippen molar-refractivity contribution in [2.24, 2.45) is 0 Å². The highest BCUT2D eigenvalue weighted by Gasteiger charge is 2.13. The Hall–Kier alpha value is -0.940. The fraction of sp³-hybridized carbons (Fsp3) is 0.571. The van der Waals surface area contributed by atoms with E-state index in [0.717, 1.165) is 24.8 Å². The van der Waals surface area contributed by atoms with Gasteiger partial charge in [-0.25, -0.2) is 0 Å². The minimum absolute atomic E-state index is 0.186. The molecule has 3 nitrogen and oxygen atoms in total. The summed E-state index contributed by atoms with van der Waals surface area (Å²) >= 11 is 0. The van der Waals surface area contributed by atoms with Gasteiger partial charge in [-0.05, 0) is 31.9 Å². The van der Waals surface area contributed by atoms with E-state index >= 15 is 0 Å². The fourth-order valence-corrected chi connectivity index (χ4v) is 2.61. The molecule has 0 bridgehead atoms. The summed E-state index contributed by atoms with van der Waals surface area (Å²) in [6.07, 6.45) is 3.89. The third-order valence-corrected chi connectivity index (χ3v) is 4.15. The van der Waals surface area contributed by atoms with Crippen LogP contribution >= 0.6 is 0 Å². The van der Waals surface area contributed by atoms with Gasteiger partial charge in [0.05, 0.1) is 18.2 Å². The minimum Gasteiger partial charge on any atom is -0.266 e. The Balaban J connectivity index is 2.29. The maximum atomic E-state index is 11.8. The normalized spacial score (nSPS) is 11.7. The highest BCUT2D eigenvalue weighted by molar-refractivity contribution is 7.86. The molecule has 0 atom stereocenters. The number of aryl methyl sites for hydroxylation is 1. The van der Waals surface area contributed by atoms with Crippen molar-refractivity contribution in [3.8, 4) is 0 Å². The lowest BCUT2D eigenvalue weighted by molar-refractivity contribution is 0.305. The predicted octanol–water partition coefficient (Wildman–Crippen LogP) is 3.62. The standard InChI is InChI=1S/C14H21FO3S/c1-13-7-9-14(10-8-13)19(16,17)18-12-6-4-2-3-5-11-15/h7-10H,2-6,11-12H2,1H3. The van der Waals surface area contributed by atoms with Crippen molar-refractivity contribution in [2.45, 2.75) is 43.9 Å². The number of rotatable bonds is 9. The molecule has 0 unspecified atom stereocenters. The summed E-state index contributed by atoms with van der Waals surface area (Å²) in [6.45, 7) is 1.80. The van der Waals surface area contributed by atoms with Crippen molar-refractivity contribution < 1.29 is 17.0 Å². The van der Waals surface area contributed by atoms with Crippen molar-refractivity contribution in [2.75, 3.05) is 13.3 Å². The van der Waals surface area contributed by atoms with Gasteiger partial charge in [0, 0.05) is 0 Å². The van der Waals surface area contributed by atoms with Gasteiger partial charge < -0.3 is 0 Å². The molecule has 0 aliphatic carbocycles. The first-order valence-electron chi connectivity index (χ1n) is 6.58. The monoisotopic (exact) mass is 288 g/mol. The summed E-state index contributed by atoms with van der Waals surface area (Å²) in [6, 6.07) is 6.58. The Bertz CT molecular complexity index is 454. The van der Waals surface area contributed by atoms with Crippen LogP contribution in [0, 0.1) is 6.92 Å². The van der Waals surface area contributed by atoms with E-state index in [1.165, 1.54) is 0 Å². The molecule has 1 aromatic rings. The highest BCUT2D eigenvalue weighted by Crippen LogP contribution is 2.14. The van der Waals surface area contributed by atoms with Gasteiger partial charge in [-0.3, -0.25) is 8.57 Å². The molecular weight excluding hydrogens is 267 g/mol. The molecule has 0 fully saturated rings. The Kier molecular flexibility index (Phi) is 7.02. The Morgan fingerprint density at radius 1 is 1.00 bits per heavy atom. The first kappa shape index (κ1) is 16.1. The molecule has 5 heteroatoms. The summed E-state index contributed by atoms with van der Waals surface area (Å²) < 4.78 is 40.4. The average Bonchev–Trinajstić information content (AvgIpc) is 2.38. The number of halogens is 1. The molecule has 0 saturated heterocycles. The lowest BCUT2D eigenvalue weighted by atomic mass is 10.2. The second-order valence-electron chi connectivity index (χ2n) is 4.55. The van der Waals surface area contributed by atoms with Crippen LogP contribution < -0.4 is 0 Å². The zero-order valence-corrected chi connectivity index (χ0v) is 12.1. The van der Waals surface area contributed by atoms with Crippen LogP contribution in [-0.4, -0.2) is 21.7 Å². The van der Waals surface area contributed by atoms with E-state index in [0.29, 0.717) is 12.8 Å². The number of alkyl halides is 1. The minimum atomic E-state index is -3.63. The summed E-state index contributed by atoms with van der Waals surface area (Å²) in [4.78, 5) is 0.190. The Morgan fingerprint density at radius 3 is 2.21 bits per heavy atom. The van der Waals surface area contributed by atoms with Crippen LogP contribution in [0.3, 0.4) is 0 Å². The topological polar surface area (TPSA) is 43.4 Å². The van der Waals surface area contributed by atoms with Gasteiger partial charge in [-0.15, -0.1) is 0 Å². The predicted molar refractivity (Wildman–Crippen MR) is 73.4 cm³/mol. The van der Waals surface area contributed by atoms with E-state index in [2.05, 4.69) is 0 Å². The molecule has 108 valence electrons. The van der Waals surface area contributed by atoms with Crippen LogP contribution in [0.2, 0.25) is 0 Å². The van der Waals surface area contributed by atoms with Crippen molar-refractivity contribution in [3.63, 3.8) is 0 Å². The molecule has 0 aromatic heterocycles. The molecule has 0 radical (unpaired) electrons. The van der Waals surface area contributed by atoms with Crippen molar-refractivity contribution >= 4 is 10.1 Å². The highest BCUT2D eigenvalue weighted by atomic mass is 32.2. The van der Waals surface area contributed by atoms with E-state index in [1.807, 2.05) is 6.92 Å². The largest absolute Gasteiger partial charge is 0.296 e. The molecular formula is C14H21FO3S. The van der Waals surface area contributed by atoms with Crippen LogP contribution in [0.5, 0.6) is 0 Å². The molecule has 0 N–H and O–H groups in total. The van der Waals surface area contributed by atoms with Crippen molar-refractivity contribution in [1.82, 2.24) is 0 Å². The number of benzene rings is 1. The number of hydrogen-bond donors (Lipinski definition) is 0. The molecule has 1 aromatic carbocycles. The second kappa shape index (κ2) is 8.27. The van der Waals surface area contributed by atoms with Crippen LogP contribution in [0.15, 0.2) is 29.2 Å². The van der Waals surface area contributed by atoms with Crippen LogP contribution in [0.4, 0.5) is 4.39 Å². The zero-order chi connectivity index (χ0) is 14.1. The van der Waals surface area contributed by atoms with Gasteiger partial charge in [0.25, 0.3) is 10.1 Å². The van der Waals surface area contributed by atoms with Crippen molar-refractivity contribution in [3.05, 3.63) is 29.8 Å². The van der Waals surface area contributed by atoms with Gasteiger partial charge in [-0.2, -0.15) is 8.42 Å². The molecule has 0 heterocycles. The van der Waals surface area contributed by atoms with E-state index in [4.69, 9.17) is 4.18 Å². The van der Waals surface area contributed by atoms with Gasteiger partial charge in [0.2, 0.25) is 0 Å². The lowest BCUT2D eigenvalue weighted by Gasteiger charge is -2.06. The number of unbranched alkanes of at least 4 members (excludes halogenated alkanes) is 4.